The van der Waals surface area contributed by atoms with Gasteiger partial charge in [-0.05, 0) is 49.4 Å². The van der Waals surface area contributed by atoms with Crippen molar-refractivity contribution in [2.75, 3.05) is 16.3 Å². The number of nitrogens with zero attached hydrogens (tertiary/aromatic N) is 2. The van der Waals surface area contributed by atoms with E-state index in [4.69, 9.17) is 0 Å². The fourth-order valence-corrected chi connectivity index (χ4v) is 3.37. The molecule has 0 saturated heterocycles. The highest BCUT2D eigenvalue weighted by Crippen LogP contribution is 2.30. The number of carbonyl (C=O) groups is 1. The molecule has 0 aliphatic carbocycles. The summed E-state index contributed by atoms with van der Waals surface area (Å²) in [7, 11) is -3.47. The molecule has 2 aromatic carbocycles. The second-order valence-corrected chi connectivity index (χ2v) is 8.61. The van der Waals surface area contributed by atoms with Crippen LogP contribution in [0, 0.1) is 6.92 Å². The van der Waals surface area contributed by atoms with Crippen LogP contribution in [0.5, 0.6) is 0 Å². The predicted octanol–water partition coefficient (Wildman–Crippen LogP) is 3.18. The highest BCUT2D eigenvalue weighted by molar-refractivity contribution is 7.92. The Labute approximate surface area is 180 Å². The van der Waals surface area contributed by atoms with E-state index in [0.29, 0.717) is 0 Å². The smallest absolute Gasteiger partial charge is 0.320 e. The number of halogens is 3. The summed E-state index contributed by atoms with van der Waals surface area (Å²) in [6.07, 6.45) is -3.58. The lowest BCUT2D eigenvalue weighted by Crippen LogP contribution is -2.27. The molecule has 0 saturated carbocycles. The number of hydrogen-bond donors (Lipinski definition) is 2. The van der Waals surface area contributed by atoms with Crippen LogP contribution in [0.1, 0.15) is 21.7 Å². The standard InChI is InChI=1S/C20H17F3N4O4S/c1-12-10-17(28)18(25-27(12)16-5-3-4-13(11-16)20(21,22)23)19(29)24-14-6-8-15(9-7-14)26-32(2,30)31/h3-11,26H,1-2H3,(H,24,29). The van der Waals surface area contributed by atoms with Crippen LogP contribution in [-0.4, -0.2) is 30.4 Å². The second kappa shape index (κ2) is 8.46. The molecule has 12 heteroatoms. The Morgan fingerprint density at radius 3 is 2.25 bits per heavy atom. The molecule has 3 aromatic rings. The van der Waals surface area contributed by atoms with Crippen molar-refractivity contribution >= 4 is 27.3 Å². The number of aromatic nitrogens is 2. The molecule has 32 heavy (non-hydrogen) atoms. The molecule has 1 aromatic heterocycles. The number of carbonyl (C=O) groups excluding carboxylic acids is 1. The molecule has 0 fully saturated rings. The lowest BCUT2D eigenvalue weighted by atomic mass is 10.2. The number of aryl methyl sites for hydroxylation is 1. The van der Waals surface area contributed by atoms with Gasteiger partial charge in [-0.2, -0.15) is 18.3 Å². The maximum absolute atomic E-state index is 13.0. The van der Waals surface area contributed by atoms with Gasteiger partial charge in [-0.3, -0.25) is 14.3 Å². The molecule has 0 radical (unpaired) electrons. The van der Waals surface area contributed by atoms with Crippen LogP contribution in [0.15, 0.2) is 59.4 Å². The predicted molar refractivity (Wildman–Crippen MR) is 112 cm³/mol. The van der Waals surface area contributed by atoms with Crippen molar-refractivity contribution in [3.8, 4) is 5.69 Å². The average molecular weight is 466 g/mol. The molecule has 2 N–H and O–H groups in total. The molecular weight excluding hydrogens is 449 g/mol. The van der Waals surface area contributed by atoms with Gasteiger partial charge in [0.25, 0.3) is 5.91 Å². The highest BCUT2D eigenvalue weighted by Gasteiger charge is 2.30. The summed E-state index contributed by atoms with van der Waals surface area (Å²) < 4.78 is 64.9. The molecule has 0 atom stereocenters. The van der Waals surface area contributed by atoms with Crippen molar-refractivity contribution in [2.24, 2.45) is 0 Å². The molecule has 1 heterocycles. The van der Waals surface area contributed by atoms with Crippen molar-refractivity contribution in [1.82, 2.24) is 9.78 Å². The van der Waals surface area contributed by atoms with Crippen molar-refractivity contribution in [3.05, 3.63) is 81.8 Å². The molecule has 0 spiro atoms. The zero-order chi connectivity index (χ0) is 23.7. The number of rotatable bonds is 5. The van der Waals surface area contributed by atoms with E-state index in [9.17, 15) is 31.2 Å². The first-order valence-electron chi connectivity index (χ1n) is 9.01. The summed E-state index contributed by atoms with van der Waals surface area (Å²) in [4.78, 5) is 24.9. The summed E-state index contributed by atoms with van der Waals surface area (Å²) in [6.45, 7) is 1.48. The van der Waals surface area contributed by atoms with Gasteiger partial charge in [-0.1, -0.05) is 6.07 Å². The lowest BCUT2D eigenvalue weighted by Gasteiger charge is -2.13. The van der Waals surface area contributed by atoms with E-state index >= 15 is 0 Å². The van der Waals surface area contributed by atoms with Gasteiger partial charge >= 0.3 is 6.18 Å². The second-order valence-electron chi connectivity index (χ2n) is 6.86. The minimum atomic E-state index is -4.57. The van der Waals surface area contributed by atoms with E-state index in [2.05, 4.69) is 15.1 Å². The topological polar surface area (TPSA) is 110 Å². The van der Waals surface area contributed by atoms with E-state index in [1.807, 2.05) is 0 Å². The number of nitrogens with one attached hydrogen (secondary N) is 2. The molecule has 8 nitrogen and oxygen atoms in total. The minimum Gasteiger partial charge on any atom is -0.320 e. The first-order chi connectivity index (χ1) is 14.8. The summed E-state index contributed by atoms with van der Waals surface area (Å²) in [5.74, 6) is -0.875. The third kappa shape index (κ3) is 5.52. The first-order valence-corrected chi connectivity index (χ1v) is 10.9. The van der Waals surface area contributed by atoms with Crippen LogP contribution in [-0.2, 0) is 16.2 Å². The van der Waals surface area contributed by atoms with Crippen LogP contribution in [0.2, 0.25) is 0 Å². The highest BCUT2D eigenvalue weighted by atomic mass is 32.2. The Bertz CT molecular complexity index is 1330. The van der Waals surface area contributed by atoms with Crippen LogP contribution in [0.25, 0.3) is 5.69 Å². The van der Waals surface area contributed by atoms with Gasteiger partial charge < -0.3 is 5.32 Å². The first kappa shape index (κ1) is 23.0. The molecule has 0 unspecified atom stereocenters. The Kier molecular flexibility index (Phi) is 6.08. The van der Waals surface area contributed by atoms with Gasteiger partial charge in [0.1, 0.15) is 0 Å². The van der Waals surface area contributed by atoms with Crippen molar-refractivity contribution in [3.63, 3.8) is 0 Å². The lowest BCUT2D eigenvalue weighted by molar-refractivity contribution is -0.137. The molecular formula is C20H17F3N4O4S. The third-order valence-corrected chi connectivity index (χ3v) is 4.79. The van der Waals surface area contributed by atoms with E-state index in [1.54, 1.807) is 0 Å². The van der Waals surface area contributed by atoms with E-state index < -0.39 is 38.8 Å². The van der Waals surface area contributed by atoms with Gasteiger partial charge in [-0.15, -0.1) is 0 Å². The van der Waals surface area contributed by atoms with E-state index in [0.717, 1.165) is 29.1 Å². The number of anilines is 2. The zero-order valence-electron chi connectivity index (χ0n) is 16.8. The Morgan fingerprint density at radius 2 is 1.66 bits per heavy atom. The van der Waals surface area contributed by atoms with E-state index in [1.165, 1.54) is 43.3 Å². The van der Waals surface area contributed by atoms with Crippen molar-refractivity contribution in [2.45, 2.75) is 13.1 Å². The van der Waals surface area contributed by atoms with Crippen molar-refractivity contribution < 1.29 is 26.4 Å². The fourth-order valence-electron chi connectivity index (χ4n) is 2.81. The third-order valence-electron chi connectivity index (χ3n) is 4.19. The maximum atomic E-state index is 13.0. The number of alkyl halides is 3. The molecule has 168 valence electrons. The van der Waals surface area contributed by atoms with Crippen LogP contribution < -0.4 is 15.5 Å². The van der Waals surface area contributed by atoms with E-state index in [-0.39, 0.29) is 22.8 Å². The number of benzene rings is 2. The van der Waals surface area contributed by atoms with Gasteiger partial charge in [-0.25, -0.2) is 13.1 Å². The van der Waals surface area contributed by atoms with Gasteiger partial charge in [0.15, 0.2) is 5.69 Å². The molecule has 3 rings (SSSR count). The maximum Gasteiger partial charge on any atom is 0.416 e. The molecule has 0 aliphatic heterocycles. The summed E-state index contributed by atoms with van der Waals surface area (Å²) >= 11 is 0. The number of sulfonamides is 1. The minimum absolute atomic E-state index is 0.0302. The zero-order valence-corrected chi connectivity index (χ0v) is 17.6. The molecule has 0 aliphatic rings. The Balaban J connectivity index is 1.91. The Morgan fingerprint density at radius 1 is 1.03 bits per heavy atom. The normalized spacial score (nSPS) is 11.8. The van der Waals surface area contributed by atoms with Crippen LogP contribution >= 0.6 is 0 Å². The largest absolute Gasteiger partial charge is 0.416 e. The number of hydrogen-bond acceptors (Lipinski definition) is 5. The molecule has 0 bridgehead atoms. The van der Waals surface area contributed by atoms with Gasteiger partial charge in [0.05, 0.1) is 17.5 Å². The van der Waals surface area contributed by atoms with Crippen LogP contribution in [0.4, 0.5) is 24.5 Å². The van der Waals surface area contributed by atoms with Crippen LogP contribution in [0.3, 0.4) is 0 Å². The van der Waals surface area contributed by atoms with Crippen molar-refractivity contribution in [1.29, 1.82) is 0 Å². The quantitative estimate of drug-likeness (QED) is 0.600. The number of amides is 1. The van der Waals surface area contributed by atoms with Gasteiger partial charge in [0, 0.05) is 23.1 Å². The SMILES string of the molecule is Cc1cc(=O)c(C(=O)Nc2ccc(NS(C)(=O)=O)cc2)nn1-c1cccc(C(F)(F)F)c1. The van der Waals surface area contributed by atoms with Gasteiger partial charge in [0.2, 0.25) is 15.5 Å². The summed E-state index contributed by atoms with van der Waals surface area (Å²) in [5, 5.41) is 6.41. The molecule has 1 amide bonds. The average Bonchev–Trinajstić information content (AvgIpc) is 2.68. The monoisotopic (exact) mass is 466 g/mol. The fraction of sp³-hybridized carbons (Fsp3) is 0.150. The summed E-state index contributed by atoms with van der Waals surface area (Å²) in [6, 6.07) is 11.0. The Hall–Kier alpha value is -3.67. The summed E-state index contributed by atoms with van der Waals surface area (Å²) in [5.41, 5.74) is -1.34.